The van der Waals surface area contributed by atoms with Crippen LogP contribution in [0.2, 0.25) is 5.02 Å². The van der Waals surface area contributed by atoms with E-state index in [1.54, 1.807) is 6.07 Å². The lowest BCUT2D eigenvalue weighted by Gasteiger charge is -2.29. The summed E-state index contributed by atoms with van der Waals surface area (Å²) < 4.78 is 52.6. The minimum atomic E-state index is -4.16. The predicted molar refractivity (Wildman–Crippen MR) is 112 cm³/mol. The number of allylic oxidation sites excluding steroid dienone is 1. The molecule has 3 rings (SSSR count). The number of hydrogen-bond donors (Lipinski definition) is 2. The van der Waals surface area contributed by atoms with Crippen molar-refractivity contribution in [2.24, 2.45) is 0 Å². The Hall–Kier alpha value is -2.63. The van der Waals surface area contributed by atoms with E-state index in [1.165, 1.54) is 42.5 Å². The second-order valence-electron chi connectivity index (χ2n) is 6.98. The van der Waals surface area contributed by atoms with Crippen LogP contribution in [-0.2, 0) is 23.2 Å². The van der Waals surface area contributed by atoms with Gasteiger partial charge >= 0.3 is 0 Å². The van der Waals surface area contributed by atoms with Gasteiger partial charge in [0.25, 0.3) is 0 Å². The van der Waals surface area contributed by atoms with Crippen LogP contribution in [0, 0.1) is 11.3 Å². The van der Waals surface area contributed by atoms with Gasteiger partial charge in [0.1, 0.15) is 25.2 Å². The minimum absolute atomic E-state index is 0.00118. The molecule has 5 nitrogen and oxygen atoms in total. The van der Waals surface area contributed by atoms with Crippen molar-refractivity contribution < 1.29 is 17.2 Å². The summed E-state index contributed by atoms with van der Waals surface area (Å²) in [7, 11) is -4.16. The molecule has 0 saturated heterocycles. The lowest BCUT2D eigenvalue weighted by molar-refractivity contribution is 0.365. The summed E-state index contributed by atoms with van der Waals surface area (Å²) in [6, 6.07) is 11.6. The summed E-state index contributed by atoms with van der Waals surface area (Å²) in [5.41, 5.74) is 0.781. The molecule has 0 amide bonds. The lowest BCUT2D eigenvalue weighted by Crippen LogP contribution is -2.38. The number of sulfone groups is 1. The van der Waals surface area contributed by atoms with Gasteiger partial charge in [0.2, 0.25) is 9.84 Å². The molecule has 0 heterocycles. The van der Waals surface area contributed by atoms with Crippen LogP contribution in [0.15, 0.2) is 58.1 Å². The first-order chi connectivity index (χ1) is 14.4. The number of hydrogen-bond acceptors (Lipinski definition) is 5. The zero-order valence-electron chi connectivity index (χ0n) is 16.0. The van der Waals surface area contributed by atoms with Gasteiger partial charge in [-0.15, -0.1) is 0 Å². The molecule has 0 aromatic heterocycles. The number of anilines is 1. The van der Waals surface area contributed by atoms with Crippen LogP contribution in [0.1, 0.15) is 30.4 Å². The molecule has 2 aromatic rings. The van der Waals surface area contributed by atoms with Gasteiger partial charge in [-0.1, -0.05) is 17.7 Å². The number of alkyl halides is 2. The minimum Gasteiger partial charge on any atom is -0.367 e. The van der Waals surface area contributed by atoms with E-state index in [4.69, 9.17) is 11.6 Å². The lowest BCUT2D eigenvalue weighted by atomic mass is 9.93. The van der Waals surface area contributed by atoms with Crippen molar-refractivity contribution in [3.05, 3.63) is 69.3 Å². The van der Waals surface area contributed by atoms with Crippen LogP contribution in [0.25, 0.3) is 0 Å². The normalized spacial score (nSPS) is 15.0. The first kappa shape index (κ1) is 22.1. The molecule has 0 atom stereocenters. The molecule has 0 unspecified atom stereocenters. The number of benzene rings is 2. The number of nitrogens with zero attached hydrogens (tertiary/aromatic N) is 1. The van der Waals surface area contributed by atoms with Crippen LogP contribution >= 0.6 is 11.6 Å². The van der Waals surface area contributed by atoms with E-state index in [0.717, 1.165) is 19.3 Å². The summed E-state index contributed by atoms with van der Waals surface area (Å²) in [4.78, 5) is -0.593. The SMILES string of the molecule is N#CC(=C(Nc1cc(CF)cc(CF)c1)NC1CCC1)S(=O)(=O)c1ccc(Cl)cc1. The highest BCUT2D eigenvalue weighted by Crippen LogP contribution is 2.27. The second kappa shape index (κ2) is 9.45. The molecule has 0 spiro atoms. The van der Waals surface area contributed by atoms with Gasteiger partial charge in [0.05, 0.1) is 4.90 Å². The molecule has 0 bridgehead atoms. The number of nitriles is 1. The Morgan fingerprint density at radius 1 is 1.10 bits per heavy atom. The van der Waals surface area contributed by atoms with Gasteiger partial charge in [-0.25, -0.2) is 17.2 Å². The highest BCUT2D eigenvalue weighted by Gasteiger charge is 2.28. The Labute approximate surface area is 179 Å². The zero-order valence-corrected chi connectivity index (χ0v) is 17.5. The first-order valence-corrected chi connectivity index (χ1v) is 11.2. The van der Waals surface area contributed by atoms with Gasteiger partial charge in [-0.3, -0.25) is 0 Å². The molecule has 0 aliphatic heterocycles. The highest BCUT2D eigenvalue weighted by molar-refractivity contribution is 7.95. The van der Waals surface area contributed by atoms with E-state index in [2.05, 4.69) is 10.6 Å². The zero-order chi connectivity index (χ0) is 21.7. The summed E-state index contributed by atoms with van der Waals surface area (Å²) in [5, 5.41) is 16.0. The summed E-state index contributed by atoms with van der Waals surface area (Å²) in [6.07, 6.45) is 2.64. The van der Waals surface area contributed by atoms with Crippen molar-refractivity contribution in [2.45, 2.75) is 43.5 Å². The second-order valence-corrected chi connectivity index (χ2v) is 9.30. The van der Waals surface area contributed by atoms with Gasteiger partial charge in [-0.2, -0.15) is 5.26 Å². The van der Waals surface area contributed by atoms with E-state index in [0.29, 0.717) is 10.7 Å². The van der Waals surface area contributed by atoms with E-state index < -0.39 is 28.1 Å². The Balaban J connectivity index is 2.07. The highest BCUT2D eigenvalue weighted by atomic mass is 35.5. The Morgan fingerprint density at radius 3 is 2.17 bits per heavy atom. The van der Waals surface area contributed by atoms with Crippen LogP contribution in [0.5, 0.6) is 0 Å². The molecule has 1 aliphatic carbocycles. The smallest absolute Gasteiger partial charge is 0.220 e. The molecule has 30 heavy (non-hydrogen) atoms. The maximum atomic E-state index is 13.2. The van der Waals surface area contributed by atoms with Crippen LogP contribution in [-0.4, -0.2) is 14.5 Å². The molecule has 0 radical (unpaired) electrons. The third kappa shape index (κ3) is 4.91. The molecule has 1 saturated carbocycles. The first-order valence-electron chi connectivity index (χ1n) is 9.30. The Kier molecular flexibility index (Phi) is 6.95. The molecular weight excluding hydrogens is 432 g/mol. The number of rotatable bonds is 8. The quantitative estimate of drug-likeness (QED) is 0.552. The fourth-order valence-corrected chi connectivity index (χ4v) is 4.39. The average molecular weight is 452 g/mol. The van der Waals surface area contributed by atoms with Crippen molar-refractivity contribution in [1.29, 1.82) is 5.26 Å². The van der Waals surface area contributed by atoms with Gasteiger partial charge < -0.3 is 10.6 Å². The largest absolute Gasteiger partial charge is 0.367 e. The Bertz CT molecular complexity index is 1070. The monoisotopic (exact) mass is 451 g/mol. The standard InChI is InChI=1S/C21H20ClF2N3O2S/c22-16-4-6-19(7-5-16)30(28,29)20(13-25)21(26-17-2-1-3-17)27-18-9-14(11-23)8-15(10-18)12-24/h4-10,17,26-27H,1-3,11-12H2. The topological polar surface area (TPSA) is 82.0 Å². The van der Waals surface area contributed by atoms with E-state index >= 15 is 0 Å². The van der Waals surface area contributed by atoms with Crippen LogP contribution < -0.4 is 10.6 Å². The summed E-state index contributed by atoms with van der Waals surface area (Å²) in [6.45, 7) is -1.60. The van der Waals surface area contributed by atoms with E-state index in [-0.39, 0.29) is 27.9 Å². The molecule has 2 aromatic carbocycles. The summed E-state index contributed by atoms with van der Waals surface area (Å²) >= 11 is 5.84. The van der Waals surface area contributed by atoms with Gasteiger partial charge in [0.15, 0.2) is 4.91 Å². The summed E-state index contributed by atoms with van der Waals surface area (Å²) in [5.74, 6) is -0.0158. The third-order valence-corrected chi connectivity index (χ3v) is 6.78. The molecule has 1 aliphatic rings. The van der Waals surface area contributed by atoms with Crippen molar-refractivity contribution >= 4 is 27.1 Å². The molecule has 2 N–H and O–H groups in total. The molecule has 9 heteroatoms. The van der Waals surface area contributed by atoms with Crippen molar-refractivity contribution in [2.75, 3.05) is 5.32 Å². The van der Waals surface area contributed by atoms with Crippen molar-refractivity contribution in [3.8, 4) is 6.07 Å². The fraction of sp³-hybridized carbons (Fsp3) is 0.286. The Morgan fingerprint density at radius 2 is 1.70 bits per heavy atom. The molecular formula is C21H20ClF2N3O2S. The maximum absolute atomic E-state index is 13.2. The van der Waals surface area contributed by atoms with E-state index in [9.17, 15) is 22.5 Å². The fourth-order valence-electron chi connectivity index (χ4n) is 3.03. The van der Waals surface area contributed by atoms with Crippen LogP contribution in [0.4, 0.5) is 14.5 Å². The average Bonchev–Trinajstić information content (AvgIpc) is 2.70. The van der Waals surface area contributed by atoms with Crippen molar-refractivity contribution in [3.63, 3.8) is 0 Å². The van der Waals surface area contributed by atoms with Gasteiger partial charge in [0, 0.05) is 16.8 Å². The predicted octanol–water partition coefficient (Wildman–Crippen LogP) is 5.00. The molecule has 1 fully saturated rings. The van der Waals surface area contributed by atoms with E-state index in [1.807, 2.05) is 0 Å². The van der Waals surface area contributed by atoms with Crippen molar-refractivity contribution in [1.82, 2.24) is 5.32 Å². The third-order valence-electron chi connectivity index (χ3n) is 4.81. The molecule has 158 valence electrons. The van der Waals surface area contributed by atoms with Gasteiger partial charge in [-0.05, 0) is 66.8 Å². The number of nitrogens with one attached hydrogen (secondary N) is 2. The maximum Gasteiger partial charge on any atom is 0.220 e. The van der Waals surface area contributed by atoms with Crippen LogP contribution in [0.3, 0.4) is 0 Å². The number of halogens is 3.